The van der Waals surface area contributed by atoms with Gasteiger partial charge in [-0.2, -0.15) is 0 Å². The maximum atomic E-state index is 12.6. The van der Waals surface area contributed by atoms with Crippen molar-refractivity contribution in [2.45, 2.75) is 51.3 Å². The average molecular weight is 427 g/mol. The molecule has 2 aromatic rings. The highest BCUT2D eigenvalue weighted by Gasteiger charge is 2.34. The van der Waals surface area contributed by atoms with Gasteiger partial charge in [0.05, 0.1) is 12.4 Å². The molecular weight excluding hydrogens is 396 g/mol. The van der Waals surface area contributed by atoms with Crippen LogP contribution in [0.5, 0.6) is 5.75 Å². The number of ether oxygens (including phenoxy) is 1. The van der Waals surface area contributed by atoms with Gasteiger partial charge in [0, 0.05) is 17.8 Å². The first kappa shape index (κ1) is 22.2. The molecule has 2 aromatic carbocycles. The van der Waals surface area contributed by atoms with E-state index < -0.39 is 0 Å². The fraction of sp³-hybridized carbons (Fsp3) is 0.417. The van der Waals surface area contributed by atoms with E-state index in [-0.39, 0.29) is 17.2 Å². The predicted molar refractivity (Wildman–Crippen MR) is 124 cm³/mol. The summed E-state index contributed by atoms with van der Waals surface area (Å²) in [5, 5.41) is 2.89. The molecule has 1 aliphatic heterocycles. The van der Waals surface area contributed by atoms with Gasteiger partial charge in [-0.3, -0.25) is 14.5 Å². The van der Waals surface area contributed by atoms with Crippen molar-refractivity contribution >= 4 is 35.0 Å². The third kappa shape index (κ3) is 5.79. The van der Waals surface area contributed by atoms with Crippen LogP contribution in [0.15, 0.2) is 48.5 Å². The van der Waals surface area contributed by atoms with Gasteiger partial charge in [0.1, 0.15) is 11.1 Å². The highest BCUT2D eigenvalue weighted by Crippen LogP contribution is 2.42. The molecule has 0 unspecified atom stereocenters. The summed E-state index contributed by atoms with van der Waals surface area (Å²) in [5.41, 5.74) is 2.63. The number of nitrogens with zero attached hydrogens (tertiary/aromatic N) is 1. The maximum absolute atomic E-state index is 12.6. The van der Waals surface area contributed by atoms with Crippen molar-refractivity contribution in [3.05, 3.63) is 54.1 Å². The Bertz CT molecular complexity index is 854. The van der Waals surface area contributed by atoms with Crippen LogP contribution in [0.4, 0.5) is 11.4 Å². The van der Waals surface area contributed by atoms with Gasteiger partial charge in [-0.15, -0.1) is 11.8 Å². The van der Waals surface area contributed by atoms with Crippen LogP contribution < -0.4 is 15.0 Å². The lowest BCUT2D eigenvalue weighted by Crippen LogP contribution is -2.27. The van der Waals surface area contributed by atoms with Crippen molar-refractivity contribution in [2.75, 3.05) is 22.6 Å². The third-order valence-electron chi connectivity index (χ3n) is 5.01. The van der Waals surface area contributed by atoms with Crippen LogP contribution >= 0.6 is 11.8 Å². The number of anilines is 2. The molecule has 2 amide bonds. The molecule has 160 valence electrons. The summed E-state index contributed by atoms with van der Waals surface area (Å²) in [6, 6.07) is 15.4. The first-order valence-corrected chi connectivity index (χ1v) is 11.7. The maximum Gasteiger partial charge on any atom is 0.238 e. The molecule has 0 aromatic heterocycles. The monoisotopic (exact) mass is 426 g/mol. The molecule has 1 N–H and O–H groups in total. The number of nitrogens with one attached hydrogen (secondary N) is 1. The topological polar surface area (TPSA) is 58.6 Å². The van der Waals surface area contributed by atoms with E-state index in [2.05, 4.69) is 12.2 Å². The second-order valence-electron chi connectivity index (χ2n) is 7.34. The van der Waals surface area contributed by atoms with Gasteiger partial charge < -0.3 is 10.1 Å². The highest BCUT2D eigenvalue weighted by molar-refractivity contribution is 8.00. The van der Waals surface area contributed by atoms with Crippen LogP contribution in [0, 0.1) is 0 Å². The van der Waals surface area contributed by atoms with Gasteiger partial charge in [-0.25, -0.2) is 0 Å². The lowest BCUT2D eigenvalue weighted by molar-refractivity contribution is -0.117. The summed E-state index contributed by atoms with van der Waals surface area (Å²) in [5.74, 6) is 1.35. The van der Waals surface area contributed by atoms with Crippen LogP contribution in [-0.4, -0.2) is 24.2 Å². The van der Waals surface area contributed by atoms with Crippen molar-refractivity contribution in [3.8, 4) is 5.75 Å². The van der Waals surface area contributed by atoms with Crippen molar-refractivity contribution in [3.63, 3.8) is 0 Å². The number of amides is 2. The highest BCUT2D eigenvalue weighted by atomic mass is 32.2. The Hall–Kier alpha value is -2.47. The van der Waals surface area contributed by atoms with Crippen LogP contribution in [0.3, 0.4) is 0 Å². The zero-order chi connectivity index (χ0) is 21.3. The van der Waals surface area contributed by atoms with Crippen molar-refractivity contribution in [2.24, 2.45) is 0 Å². The fourth-order valence-electron chi connectivity index (χ4n) is 3.53. The van der Waals surface area contributed by atoms with Gasteiger partial charge >= 0.3 is 0 Å². The number of thioether (sulfide) groups is 1. The quantitative estimate of drug-likeness (QED) is 0.490. The first-order valence-electron chi connectivity index (χ1n) is 10.7. The molecule has 1 heterocycles. The largest absolute Gasteiger partial charge is 0.494 e. The van der Waals surface area contributed by atoms with Crippen LogP contribution in [-0.2, 0) is 9.59 Å². The lowest BCUT2D eigenvalue weighted by Gasteiger charge is -2.25. The second-order valence-corrected chi connectivity index (χ2v) is 8.41. The number of carbonyl (C=O) groups excluding carboxylic acids is 2. The number of hydrogen-bond acceptors (Lipinski definition) is 4. The summed E-state index contributed by atoms with van der Waals surface area (Å²) in [6.07, 6.45) is 4.86. The summed E-state index contributed by atoms with van der Waals surface area (Å²) in [7, 11) is 0. The number of hydrogen-bond donors (Lipinski definition) is 1. The number of benzene rings is 2. The smallest absolute Gasteiger partial charge is 0.238 e. The van der Waals surface area contributed by atoms with Gasteiger partial charge in [-0.05, 0) is 55.3 Å². The Kier molecular flexibility index (Phi) is 8.20. The summed E-state index contributed by atoms with van der Waals surface area (Å²) in [4.78, 5) is 26.7. The minimum absolute atomic E-state index is 0.0433. The molecule has 1 saturated heterocycles. The van der Waals surface area contributed by atoms with Crippen LogP contribution in [0.25, 0.3) is 0 Å². The SMILES string of the molecule is CCCCCCC(=O)Nc1cccc([C@@H]2SCC(=O)N2c2ccc(OCC)cc2)c1. The van der Waals surface area contributed by atoms with Gasteiger partial charge in [0.2, 0.25) is 11.8 Å². The Morgan fingerprint density at radius 2 is 1.93 bits per heavy atom. The van der Waals surface area contributed by atoms with E-state index in [1.807, 2.05) is 60.4 Å². The summed E-state index contributed by atoms with van der Waals surface area (Å²) >= 11 is 1.60. The zero-order valence-electron chi connectivity index (χ0n) is 17.7. The molecule has 1 atom stereocenters. The number of unbranched alkanes of at least 4 members (excludes halogenated alkanes) is 3. The molecule has 6 heteroatoms. The molecule has 5 nitrogen and oxygen atoms in total. The Balaban J connectivity index is 1.70. The van der Waals surface area contributed by atoms with Crippen molar-refractivity contribution in [1.29, 1.82) is 0 Å². The van der Waals surface area contributed by atoms with Crippen LogP contribution in [0.2, 0.25) is 0 Å². The zero-order valence-corrected chi connectivity index (χ0v) is 18.5. The molecule has 0 spiro atoms. The van der Waals surface area contributed by atoms with Crippen molar-refractivity contribution < 1.29 is 14.3 Å². The molecule has 1 aliphatic rings. The van der Waals surface area contributed by atoms with E-state index in [0.29, 0.717) is 18.8 Å². The lowest BCUT2D eigenvalue weighted by atomic mass is 10.1. The Morgan fingerprint density at radius 3 is 2.67 bits per heavy atom. The molecule has 0 saturated carbocycles. The molecule has 0 radical (unpaired) electrons. The Labute approximate surface area is 183 Å². The fourth-order valence-corrected chi connectivity index (χ4v) is 4.69. The van der Waals surface area contributed by atoms with E-state index in [1.165, 1.54) is 0 Å². The van der Waals surface area contributed by atoms with Crippen LogP contribution in [0.1, 0.15) is 56.9 Å². The summed E-state index contributed by atoms with van der Waals surface area (Å²) in [6.45, 7) is 4.72. The van der Waals surface area contributed by atoms with E-state index in [9.17, 15) is 9.59 Å². The molecule has 1 fully saturated rings. The van der Waals surface area contributed by atoms with Gasteiger partial charge in [-0.1, -0.05) is 38.3 Å². The number of rotatable bonds is 10. The standard InChI is InChI=1S/C24H30N2O3S/c1-3-5-6-7-11-22(27)25-19-10-8-9-18(16-19)24-26(23(28)17-30-24)20-12-14-21(15-13-20)29-4-2/h8-10,12-16,24H,3-7,11,17H2,1-2H3,(H,25,27)/t24-/m0/s1. The van der Waals surface area contributed by atoms with Gasteiger partial charge in [0.15, 0.2) is 0 Å². The van der Waals surface area contributed by atoms with Gasteiger partial charge in [0.25, 0.3) is 0 Å². The molecule has 3 rings (SSSR count). The third-order valence-corrected chi connectivity index (χ3v) is 6.22. The van der Waals surface area contributed by atoms with E-state index in [1.54, 1.807) is 11.8 Å². The Morgan fingerprint density at radius 1 is 1.13 bits per heavy atom. The van der Waals surface area contributed by atoms with E-state index in [0.717, 1.165) is 48.4 Å². The molecule has 0 aliphatic carbocycles. The average Bonchev–Trinajstić information content (AvgIpc) is 3.14. The second kappa shape index (κ2) is 11.1. The molecule has 0 bridgehead atoms. The normalized spacial score (nSPS) is 16.0. The predicted octanol–water partition coefficient (Wildman–Crippen LogP) is 5.77. The molecule has 30 heavy (non-hydrogen) atoms. The van der Waals surface area contributed by atoms with E-state index in [4.69, 9.17) is 4.74 Å². The summed E-state index contributed by atoms with van der Waals surface area (Å²) < 4.78 is 5.51. The minimum atomic E-state index is -0.114. The van der Waals surface area contributed by atoms with E-state index >= 15 is 0 Å². The number of carbonyl (C=O) groups is 2. The molecular formula is C24H30N2O3S. The van der Waals surface area contributed by atoms with Crippen molar-refractivity contribution in [1.82, 2.24) is 0 Å². The minimum Gasteiger partial charge on any atom is -0.494 e. The first-order chi connectivity index (χ1) is 14.6.